The molecule has 0 amide bonds. The Kier molecular flexibility index (Phi) is 5.34. The fraction of sp³-hybridized carbons (Fsp3) is 0.500. The molecule has 2 aliphatic carbocycles. The van der Waals surface area contributed by atoms with E-state index in [-0.39, 0.29) is 0 Å². The Labute approximate surface area is 172 Å². The van der Waals surface area contributed by atoms with E-state index >= 15 is 0 Å². The van der Waals surface area contributed by atoms with Crippen LogP contribution in [0.15, 0.2) is 42.6 Å². The van der Waals surface area contributed by atoms with Crippen LogP contribution < -0.4 is 5.32 Å². The molecule has 2 heterocycles. The summed E-state index contributed by atoms with van der Waals surface area (Å²) in [4.78, 5) is 16.0. The normalized spacial score (nSPS) is 24.7. The predicted molar refractivity (Wildman–Crippen MR) is 117 cm³/mol. The molecule has 2 aromatic heterocycles. The first kappa shape index (κ1) is 18.8. The lowest BCUT2D eigenvalue weighted by Crippen LogP contribution is -2.44. The van der Waals surface area contributed by atoms with Gasteiger partial charge in [0, 0.05) is 18.3 Å². The summed E-state index contributed by atoms with van der Waals surface area (Å²) < 4.78 is 0. The molecule has 0 saturated heterocycles. The number of benzene rings is 1. The molecule has 152 valence electrons. The van der Waals surface area contributed by atoms with Crippen LogP contribution in [0.1, 0.15) is 61.6 Å². The summed E-state index contributed by atoms with van der Waals surface area (Å²) >= 11 is 0. The fourth-order valence-corrected chi connectivity index (χ4v) is 5.35. The van der Waals surface area contributed by atoms with Crippen molar-refractivity contribution in [3.05, 3.63) is 59.7 Å². The Balaban J connectivity index is 1.46. The largest absolute Gasteiger partial charge is 0.341 e. The zero-order chi connectivity index (χ0) is 19.6. The Bertz CT molecular complexity index is 924. The third-order valence-corrected chi connectivity index (χ3v) is 6.91. The van der Waals surface area contributed by atoms with E-state index in [2.05, 4.69) is 58.6 Å². The third-order valence-electron chi connectivity index (χ3n) is 6.91. The molecule has 1 unspecified atom stereocenters. The Morgan fingerprint density at radius 3 is 2.76 bits per heavy atom. The summed E-state index contributed by atoms with van der Waals surface area (Å²) in [5, 5.41) is 3.48. The Morgan fingerprint density at radius 2 is 1.93 bits per heavy atom. The lowest BCUT2D eigenvalue weighted by molar-refractivity contribution is 0.0737. The first-order chi connectivity index (χ1) is 14.3. The molecule has 0 aliphatic heterocycles. The number of fused-ring (bicyclic) bond motifs is 2. The van der Waals surface area contributed by atoms with Crippen molar-refractivity contribution >= 4 is 11.0 Å². The lowest BCUT2D eigenvalue weighted by atomic mass is 9.85. The Morgan fingerprint density at radius 1 is 1.07 bits per heavy atom. The van der Waals surface area contributed by atoms with Gasteiger partial charge in [0.2, 0.25) is 0 Å². The molecule has 2 N–H and O–H groups in total. The van der Waals surface area contributed by atoms with Crippen LogP contribution in [0.3, 0.4) is 0 Å². The molecule has 5 rings (SSSR count). The SMILES string of the molecule is CN[C@H]1CC[C@H](N(Cc2nc3ccccc3[nH]2)C2CCCc3cccnc32)CC1. The van der Waals surface area contributed by atoms with Crippen molar-refractivity contribution in [3.63, 3.8) is 0 Å². The van der Waals surface area contributed by atoms with Gasteiger partial charge in [0.05, 0.1) is 29.3 Å². The van der Waals surface area contributed by atoms with Crippen molar-refractivity contribution in [1.82, 2.24) is 25.2 Å². The zero-order valence-electron chi connectivity index (χ0n) is 17.3. The van der Waals surface area contributed by atoms with Gasteiger partial charge in [0.15, 0.2) is 0 Å². The number of H-pyrrole nitrogens is 1. The van der Waals surface area contributed by atoms with E-state index in [0.29, 0.717) is 18.1 Å². The van der Waals surface area contributed by atoms with E-state index in [9.17, 15) is 0 Å². The van der Waals surface area contributed by atoms with Gasteiger partial charge in [-0.25, -0.2) is 4.98 Å². The van der Waals surface area contributed by atoms with E-state index in [4.69, 9.17) is 9.97 Å². The maximum atomic E-state index is 4.90. The summed E-state index contributed by atoms with van der Waals surface area (Å²) in [6.45, 7) is 0.865. The first-order valence-corrected chi connectivity index (χ1v) is 11.1. The van der Waals surface area contributed by atoms with Gasteiger partial charge in [-0.15, -0.1) is 0 Å². The van der Waals surface area contributed by atoms with Gasteiger partial charge in [0.1, 0.15) is 5.82 Å². The number of aromatic nitrogens is 3. The smallest absolute Gasteiger partial charge is 0.121 e. The average molecular weight is 390 g/mol. The van der Waals surface area contributed by atoms with Gasteiger partial charge in [-0.05, 0) is 75.8 Å². The maximum absolute atomic E-state index is 4.90. The molecule has 1 saturated carbocycles. The van der Waals surface area contributed by atoms with Crippen LogP contribution in [0.2, 0.25) is 0 Å². The van der Waals surface area contributed by atoms with Crippen LogP contribution in [-0.4, -0.2) is 39.0 Å². The number of para-hydroxylation sites is 2. The van der Waals surface area contributed by atoms with Crippen molar-refractivity contribution in [1.29, 1.82) is 0 Å². The highest BCUT2D eigenvalue weighted by Crippen LogP contribution is 2.38. The maximum Gasteiger partial charge on any atom is 0.121 e. The van der Waals surface area contributed by atoms with E-state index in [0.717, 1.165) is 29.8 Å². The lowest BCUT2D eigenvalue weighted by Gasteiger charge is -2.42. The first-order valence-electron chi connectivity index (χ1n) is 11.1. The number of rotatable bonds is 5. The van der Waals surface area contributed by atoms with Gasteiger partial charge in [-0.2, -0.15) is 0 Å². The minimum atomic E-state index is 0.393. The number of pyridine rings is 1. The van der Waals surface area contributed by atoms with E-state index in [1.807, 2.05) is 6.20 Å². The van der Waals surface area contributed by atoms with Crippen LogP contribution in [0.5, 0.6) is 0 Å². The second-order valence-electron chi connectivity index (χ2n) is 8.62. The zero-order valence-corrected chi connectivity index (χ0v) is 17.3. The Hall–Kier alpha value is -2.24. The highest BCUT2D eigenvalue weighted by atomic mass is 15.2. The van der Waals surface area contributed by atoms with Gasteiger partial charge in [0.25, 0.3) is 0 Å². The number of aromatic amines is 1. The standard InChI is InChI=1S/C24H31N5/c1-25-18-11-13-19(14-12-18)29(16-23-27-20-8-2-3-9-21(20)28-23)22-10-4-6-17-7-5-15-26-24(17)22/h2-3,5,7-9,15,18-19,22,25H,4,6,10-14,16H2,1H3,(H,27,28)/t18-,19-,22?. The van der Waals surface area contributed by atoms with Gasteiger partial charge in [-0.1, -0.05) is 18.2 Å². The molecule has 0 bridgehead atoms. The van der Waals surface area contributed by atoms with Gasteiger partial charge in [-0.3, -0.25) is 9.88 Å². The third kappa shape index (κ3) is 3.81. The molecule has 0 radical (unpaired) electrons. The van der Waals surface area contributed by atoms with Crippen molar-refractivity contribution in [2.24, 2.45) is 0 Å². The fourth-order valence-electron chi connectivity index (χ4n) is 5.35. The predicted octanol–water partition coefficient (Wildman–Crippen LogP) is 4.37. The molecular formula is C24H31N5. The number of aryl methyl sites for hydroxylation is 1. The van der Waals surface area contributed by atoms with Crippen molar-refractivity contribution in [3.8, 4) is 0 Å². The van der Waals surface area contributed by atoms with Crippen molar-refractivity contribution < 1.29 is 0 Å². The molecule has 1 atom stereocenters. The summed E-state index contributed by atoms with van der Waals surface area (Å²) in [5.74, 6) is 1.07. The number of hydrogen-bond donors (Lipinski definition) is 2. The molecule has 5 heteroatoms. The second kappa shape index (κ2) is 8.25. The van der Waals surface area contributed by atoms with Crippen molar-refractivity contribution in [2.45, 2.75) is 69.6 Å². The van der Waals surface area contributed by atoms with Gasteiger partial charge >= 0.3 is 0 Å². The quantitative estimate of drug-likeness (QED) is 0.680. The van der Waals surface area contributed by atoms with Crippen molar-refractivity contribution in [2.75, 3.05) is 7.05 Å². The van der Waals surface area contributed by atoms with E-state index < -0.39 is 0 Å². The summed E-state index contributed by atoms with van der Waals surface area (Å²) in [6.07, 6.45) is 10.5. The average Bonchev–Trinajstić information content (AvgIpc) is 3.20. The number of hydrogen-bond acceptors (Lipinski definition) is 4. The van der Waals surface area contributed by atoms with Crippen LogP contribution in [0, 0.1) is 0 Å². The van der Waals surface area contributed by atoms with Crippen LogP contribution in [0.25, 0.3) is 11.0 Å². The number of nitrogens with zero attached hydrogens (tertiary/aromatic N) is 3. The summed E-state index contributed by atoms with van der Waals surface area (Å²) in [5.41, 5.74) is 4.92. The summed E-state index contributed by atoms with van der Waals surface area (Å²) in [6, 6.07) is 14.3. The minimum absolute atomic E-state index is 0.393. The molecular weight excluding hydrogens is 358 g/mol. The molecule has 0 spiro atoms. The minimum Gasteiger partial charge on any atom is -0.341 e. The topological polar surface area (TPSA) is 56.8 Å². The molecule has 29 heavy (non-hydrogen) atoms. The van der Waals surface area contributed by atoms with Crippen LogP contribution in [0.4, 0.5) is 0 Å². The monoisotopic (exact) mass is 389 g/mol. The highest BCUT2D eigenvalue weighted by molar-refractivity contribution is 5.74. The number of nitrogens with one attached hydrogen (secondary N) is 2. The molecule has 5 nitrogen and oxygen atoms in total. The highest BCUT2D eigenvalue weighted by Gasteiger charge is 2.34. The number of imidazole rings is 1. The van der Waals surface area contributed by atoms with Gasteiger partial charge < -0.3 is 10.3 Å². The molecule has 2 aliphatic rings. The molecule has 3 aromatic rings. The van der Waals surface area contributed by atoms with E-state index in [1.165, 1.54) is 49.8 Å². The summed E-state index contributed by atoms with van der Waals surface area (Å²) in [7, 11) is 2.10. The van der Waals surface area contributed by atoms with Crippen LogP contribution >= 0.6 is 0 Å². The second-order valence-corrected chi connectivity index (χ2v) is 8.62. The molecule has 1 aromatic carbocycles. The molecule has 1 fully saturated rings. The van der Waals surface area contributed by atoms with Crippen LogP contribution in [-0.2, 0) is 13.0 Å². The van der Waals surface area contributed by atoms with E-state index in [1.54, 1.807) is 0 Å².